The van der Waals surface area contributed by atoms with E-state index in [1.807, 2.05) is 11.7 Å². The molecule has 0 saturated heterocycles. The molecule has 2 aromatic rings. The summed E-state index contributed by atoms with van der Waals surface area (Å²) < 4.78 is 1.81. The number of nitrogen functional groups attached to an aromatic ring is 1. The maximum Gasteiger partial charge on any atom is 0.222 e. The maximum absolute atomic E-state index is 5.94. The normalized spacial score (nSPS) is 15.8. The van der Waals surface area contributed by atoms with E-state index in [9.17, 15) is 0 Å². The molecule has 4 N–H and O–H groups in total. The van der Waals surface area contributed by atoms with Gasteiger partial charge in [0.15, 0.2) is 0 Å². The molecule has 8 nitrogen and oxygen atoms in total. The Kier molecular flexibility index (Phi) is 4.94. The first-order valence-electron chi connectivity index (χ1n) is 8.51. The van der Waals surface area contributed by atoms with Crippen LogP contribution in [0.2, 0.25) is 0 Å². The van der Waals surface area contributed by atoms with Crippen LogP contribution in [0.15, 0.2) is 6.33 Å². The number of hydrogen-bond acceptors (Lipinski definition) is 7. The van der Waals surface area contributed by atoms with Crippen LogP contribution in [0.1, 0.15) is 43.4 Å². The Bertz CT molecular complexity index is 693. The highest BCUT2D eigenvalue weighted by Gasteiger charge is 2.22. The molecule has 1 aliphatic rings. The van der Waals surface area contributed by atoms with Crippen molar-refractivity contribution in [1.29, 1.82) is 0 Å². The number of nitrogens with zero attached hydrogens (tertiary/aromatic N) is 5. The van der Waals surface area contributed by atoms with E-state index in [2.05, 4.69) is 44.5 Å². The van der Waals surface area contributed by atoms with Crippen molar-refractivity contribution in [3.8, 4) is 0 Å². The van der Waals surface area contributed by atoms with Gasteiger partial charge in [0, 0.05) is 25.6 Å². The Balaban J connectivity index is 1.95. The van der Waals surface area contributed by atoms with Crippen LogP contribution in [-0.4, -0.2) is 37.8 Å². The number of hydrogen-bond donors (Lipinski definition) is 3. The van der Waals surface area contributed by atoms with E-state index >= 15 is 0 Å². The van der Waals surface area contributed by atoms with Gasteiger partial charge in [-0.25, -0.2) is 9.97 Å². The smallest absolute Gasteiger partial charge is 0.222 e. The number of aromatic nitrogens is 5. The molecule has 8 heteroatoms. The molecule has 130 valence electrons. The molecule has 0 amide bonds. The summed E-state index contributed by atoms with van der Waals surface area (Å²) in [5.41, 5.74) is 8.14. The van der Waals surface area contributed by atoms with Crippen molar-refractivity contribution in [2.75, 3.05) is 24.1 Å². The fourth-order valence-corrected chi connectivity index (χ4v) is 3.17. The van der Waals surface area contributed by atoms with Crippen molar-refractivity contribution in [2.45, 2.75) is 39.2 Å². The molecule has 1 aliphatic heterocycles. The van der Waals surface area contributed by atoms with Gasteiger partial charge >= 0.3 is 0 Å². The lowest BCUT2D eigenvalue weighted by atomic mass is 10.0. The number of fused-ring (bicyclic) bond motifs is 1. The maximum atomic E-state index is 5.94. The van der Waals surface area contributed by atoms with Gasteiger partial charge in [0.1, 0.15) is 18.0 Å². The van der Waals surface area contributed by atoms with E-state index in [0.29, 0.717) is 11.9 Å². The van der Waals surface area contributed by atoms with Crippen LogP contribution in [-0.2, 0) is 19.9 Å². The molecule has 3 rings (SSSR count). The second kappa shape index (κ2) is 7.12. The number of nitrogens with two attached hydrogens (primary N) is 1. The number of nitrogens with one attached hydrogen (secondary N) is 2. The van der Waals surface area contributed by atoms with Crippen molar-refractivity contribution in [1.82, 2.24) is 30.0 Å². The van der Waals surface area contributed by atoms with Gasteiger partial charge in [0.2, 0.25) is 5.95 Å². The van der Waals surface area contributed by atoms with Crippen molar-refractivity contribution < 1.29 is 0 Å². The number of rotatable bonds is 5. The van der Waals surface area contributed by atoms with Crippen molar-refractivity contribution in [3.63, 3.8) is 0 Å². The second-order valence-corrected chi connectivity index (χ2v) is 6.67. The van der Waals surface area contributed by atoms with Crippen LogP contribution >= 0.6 is 0 Å². The molecule has 2 aromatic heterocycles. The monoisotopic (exact) mass is 330 g/mol. The summed E-state index contributed by atoms with van der Waals surface area (Å²) in [4.78, 5) is 13.3. The zero-order valence-corrected chi connectivity index (χ0v) is 14.6. The third-order valence-corrected chi connectivity index (χ3v) is 4.28. The third-order valence-electron chi connectivity index (χ3n) is 4.28. The fourth-order valence-electron chi connectivity index (χ4n) is 3.17. The molecule has 0 radical (unpaired) electrons. The highest BCUT2D eigenvalue weighted by Crippen LogP contribution is 2.27. The molecule has 0 fully saturated rings. The van der Waals surface area contributed by atoms with Crippen LogP contribution in [0, 0.1) is 5.92 Å². The van der Waals surface area contributed by atoms with Gasteiger partial charge in [-0.1, -0.05) is 13.8 Å². The lowest BCUT2D eigenvalue weighted by molar-refractivity contribution is 0.497. The zero-order valence-electron chi connectivity index (χ0n) is 14.6. The molecular weight excluding hydrogens is 304 g/mol. The van der Waals surface area contributed by atoms with Crippen LogP contribution in [0.3, 0.4) is 0 Å². The van der Waals surface area contributed by atoms with E-state index in [-0.39, 0.29) is 6.04 Å². The molecule has 1 atom stereocenters. The summed E-state index contributed by atoms with van der Waals surface area (Å²) in [6.45, 7) is 6.24. The Morgan fingerprint density at radius 2 is 2.08 bits per heavy atom. The van der Waals surface area contributed by atoms with Crippen molar-refractivity contribution >= 4 is 11.8 Å². The standard InChI is InChI=1S/C16H26N8/c1-10(2)8-13(15-19-9-20-24(15)3)21-14-11-4-6-18-7-5-12(11)22-16(17)23-14/h9-10,13,18H,4-8H2,1-3H3,(H3,17,21,22,23). The highest BCUT2D eigenvalue weighted by atomic mass is 15.3. The van der Waals surface area contributed by atoms with Crippen LogP contribution in [0.4, 0.5) is 11.8 Å². The lowest BCUT2D eigenvalue weighted by Crippen LogP contribution is -2.21. The SMILES string of the molecule is CC(C)CC(Nc1nc(N)nc2c1CCNCC2)c1ncnn1C. The fraction of sp³-hybridized carbons (Fsp3) is 0.625. The van der Waals surface area contributed by atoms with Gasteiger partial charge in [-0.05, 0) is 25.3 Å². The zero-order chi connectivity index (χ0) is 17.1. The van der Waals surface area contributed by atoms with Gasteiger partial charge in [-0.3, -0.25) is 4.68 Å². The van der Waals surface area contributed by atoms with Crippen LogP contribution in [0.25, 0.3) is 0 Å². The number of anilines is 2. The van der Waals surface area contributed by atoms with E-state index in [1.54, 1.807) is 6.33 Å². The predicted octanol–water partition coefficient (Wildman–Crippen LogP) is 1.07. The molecule has 0 aliphatic carbocycles. The summed E-state index contributed by atoms with van der Waals surface area (Å²) in [7, 11) is 1.91. The summed E-state index contributed by atoms with van der Waals surface area (Å²) in [6.07, 6.45) is 4.28. The average Bonchev–Trinajstić information content (AvgIpc) is 2.79. The molecule has 0 aromatic carbocycles. The topological polar surface area (TPSA) is 107 Å². The van der Waals surface area contributed by atoms with E-state index in [1.165, 1.54) is 0 Å². The Morgan fingerprint density at radius 3 is 2.79 bits per heavy atom. The van der Waals surface area contributed by atoms with Crippen molar-refractivity contribution in [3.05, 3.63) is 23.4 Å². The molecular formula is C16H26N8. The minimum Gasteiger partial charge on any atom is -0.368 e. The van der Waals surface area contributed by atoms with Crippen LogP contribution < -0.4 is 16.4 Å². The first-order valence-corrected chi connectivity index (χ1v) is 8.51. The van der Waals surface area contributed by atoms with Gasteiger partial charge < -0.3 is 16.4 Å². The minimum absolute atomic E-state index is 0.0344. The summed E-state index contributed by atoms with van der Waals surface area (Å²) >= 11 is 0. The van der Waals surface area contributed by atoms with E-state index in [0.717, 1.165) is 55.3 Å². The van der Waals surface area contributed by atoms with Gasteiger partial charge in [0.25, 0.3) is 0 Å². The third kappa shape index (κ3) is 3.64. The molecule has 0 saturated carbocycles. The molecule has 1 unspecified atom stereocenters. The molecule has 0 bridgehead atoms. The van der Waals surface area contributed by atoms with E-state index in [4.69, 9.17) is 5.73 Å². The number of aryl methyl sites for hydroxylation is 1. The first kappa shape index (κ1) is 16.6. The Morgan fingerprint density at radius 1 is 1.29 bits per heavy atom. The van der Waals surface area contributed by atoms with Gasteiger partial charge in [-0.2, -0.15) is 10.1 Å². The minimum atomic E-state index is 0.0344. The second-order valence-electron chi connectivity index (χ2n) is 6.67. The largest absolute Gasteiger partial charge is 0.368 e. The summed E-state index contributed by atoms with van der Waals surface area (Å²) in [6, 6.07) is 0.0344. The predicted molar refractivity (Wildman–Crippen MR) is 93.5 cm³/mol. The van der Waals surface area contributed by atoms with E-state index < -0.39 is 0 Å². The highest BCUT2D eigenvalue weighted by molar-refractivity contribution is 5.51. The van der Waals surface area contributed by atoms with Crippen molar-refractivity contribution in [2.24, 2.45) is 13.0 Å². The van der Waals surface area contributed by atoms with Gasteiger partial charge in [0.05, 0.1) is 11.7 Å². The average molecular weight is 330 g/mol. The lowest BCUT2D eigenvalue weighted by Gasteiger charge is -2.22. The summed E-state index contributed by atoms with van der Waals surface area (Å²) in [5.74, 6) is 2.56. The Labute approximate surface area is 142 Å². The Hall–Kier alpha value is -2.22. The quantitative estimate of drug-likeness (QED) is 0.753. The first-order chi connectivity index (χ1) is 11.5. The van der Waals surface area contributed by atoms with Gasteiger partial charge in [-0.15, -0.1) is 0 Å². The molecule has 24 heavy (non-hydrogen) atoms. The van der Waals surface area contributed by atoms with Crippen LogP contribution in [0.5, 0.6) is 0 Å². The molecule has 0 spiro atoms. The molecule has 3 heterocycles. The summed E-state index contributed by atoms with van der Waals surface area (Å²) in [5, 5.41) is 11.2.